The minimum Gasteiger partial charge on any atom is -0.399 e. The van der Waals surface area contributed by atoms with E-state index in [9.17, 15) is 4.79 Å². The third-order valence-electron chi connectivity index (χ3n) is 4.89. The summed E-state index contributed by atoms with van der Waals surface area (Å²) in [5.74, 6) is 0.829. The Bertz CT molecular complexity index is 679. The summed E-state index contributed by atoms with van der Waals surface area (Å²) in [6.45, 7) is 1.99. The van der Waals surface area contributed by atoms with E-state index in [0.717, 1.165) is 36.9 Å². The van der Waals surface area contributed by atoms with Crippen molar-refractivity contribution in [3.8, 4) is 0 Å². The van der Waals surface area contributed by atoms with E-state index < -0.39 is 0 Å². The van der Waals surface area contributed by atoms with Crippen molar-refractivity contribution in [2.45, 2.75) is 38.5 Å². The molecule has 3 nitrogen and oxygen atoms in total. The Labute approximate surface area is 150 Å². The number of carbonyl (C=O) groups excluding carboxylic acids is 1. The van der Waals surface area contributed by atoms with Gasteiger partial charge in [0.1, 0.15) is 0 Å². The van der Waals surface area contributed by atoms with E-state index in [1.165, 1.54) is 5.56 Å². The van der Waals surface area contributed by atoms with Gasteiger partial charge in [0.25, 0.3) is 0 Å². The molecule has 0 aliphatic heterocycles. The van der Waals surface area contributed by atoms with Gasteiger partial charge in [0.05, 0.1) is 0 Å². The van der Waals surface area contributed by atoms with Gasteiger partial charge in [-0.3, -0.25) is 4.79 Å². The highest BCUT2D eigenvalue weighted by Crippen LogP contribution is 2.36. The van der Waals surface area contributed by atoms with Gasteiger partial charge in [-0.05, 0) is 61.8 Å². The Morgan fingerprint density at radius 3 is 2.38 bits per heavy atom. The third-order valence-corrected chi connectivity index (χ3v) is 4.89. The van der Waals surface area contributed by atoms with Gasteiger partial charge in [-0.1, -0.05) is 36.4 Å². The Morgan fingerprint density at radius 2 is 1.71 bits per heavy atom. The molecular weight excluding hydrogens is 320 g/mol. The molecule has 0 spiro atoms. The van der Waals surface area contributed by atoms with Gasteiger partial charge in [-0.25, -0.2) is 0 Å². The van der Waals surface area contributed by atoms with E-state index >= 15 is 0 Å². The number of anilines is 2. The average Bonchev–Trinajstić information content (AvgIpc) is 2.59. The first-order valence-corrected chi connectivity index (χ1v) is 8.35. The van der Waals surface area contributed by atoms with Crippen molar-refractivity contribution in [1.82, 2.24) is 0 Å². The van der Waals surface area contributed by atoms with Crippen LogP contribution in [-0.2, 0) is 4.79 Å². The maximum absolute atomic E-state index is 12.5. The standard InChI is InChI=1S/C20H24N2O.ClH/c1-14-7-12-18(21)13-19(14)22-20(23)17-10-8-16(9-11-17)15-5-3-2-4-6-15;/h2-7,12-13,16-17H,8-11,21H2,1H3,(H,22,23);1H. The van der Waals surface area contributed by atoms with Crippen LogP contribution in [0.1, 0.15) is 42.7 Å². The number of hydrogen-bond donors (Lipinski definition) is 2. The summed E-state index contributed by atoms with van der Waals surface area (Å²) in [6.07, 6.45) is 4.07. The number of hydrogen-bond acceptors (Lipinski definition) is 2. The lowest BCUT2D eigenvalue weighted by Gasteiger charge is -2.28. The lowest BCUT2D eigenvalue weighted by Crippen LogP contribution is -2.27. The number of rotatable bonds is 3. The molecule has 2 aromatic carbocycles. The normalized spacial score (nSPS) is 20.0. The number of amides is 1. The van der Waals surface area contributed by atoms with E-state index in [4.69, 9.17) is 5.73 Å². The lowest BCUT2D eigenvalue weighted by atomic mass is 9.78. The van der Waals surface area contributed by atoms with Gasteiger partial charge in [0.2, 0.25) is 5.91 Å². The van der Waals surface area contributed by atoms with E-state index in [1.54, 1.807) is 0 Å². The van der Waals surface area contributed by atoms with Gasteiger partial charge in [-0.15, -0.1) is 12.4 Å². The molecule has 0 atom stereocenters. The number of halogens is 1. The van der Waals surface area contributed by atoms with Crippen molar-refractivity contribution >= 4 is 29.7 Å². The molecule has 0 bridgehead atoms. The molecule has 128 valence electrons. The molecule has 0 saturated heterocycles. The predicted octanol–water partition coefficient (Wildman–Crippen LogP) is 4.91. The summed E-state index contributed by atoms with van der Waals surface area (Å²) < 4.78 is 0. The molecule has 1 saturated carbocycles. The summed E-state index contributed by atoms with van der Waals surface area (Å²) in [5.41, 5.74) is 9.77. The zero-order valence-corrected chi connectivity index (χ0v) is 14.8. The number of nitrogen functional groups attached to an aromatic ring is 1. The summed E-state index contributed by atoms with van der Waals surface area (Å²) in [4.78, 5) is 12.5. The van der Waals surface area contributed by atoms with Crippen molar-refractivity contribution in [2.75, 3.05) is 11.1 Å². The zero-order chi connectivity index (χ0) is 16.2. The number of aryl methyl sites for hydroxylation is 1. The fourth-order valence-corrected chi connectivity index (χ4v) is 3.42. The number of benzene rings is 2. The lowest BCUT2D eigenvalue weighted by molar-refractivity contribution is -0.120. The minimum absolute atomic E-state index is 0. The van der Waals surface area contributed by atoms with E-state index in [0.29, 0.717) is 11.6 Å². The Morgan fingerprint density at radius 1 is 1.04 bits per heavy atom. The van der Waals surface area contributed by atoms with E-state index in [1.807, 2.05) is 25.1 Å². The van der Waals surface area contributed by atoms with Gasteiger partial charge in [-0.2, -0.15) is 0 Å². The predicted molar refractivity (Wildman–Crippen MR) is 103 cm³/mol. The third kappa shape index (κ3) is 4.30. The first-order chi connectivity index (χ1) is 11.1. The Kier molecular flexibility index (Phi) is 6.27. The van der Waals surface area contributed by atoms with Crippen molar-refractivity contribution in [2.24, 2.45) is 5.92 Å². The number of nitrogens with two attached hydrogens (primary N) is 1. The summed E-state index contributed by atoms with van der Waals surface area (Å²) in [7, 11) is 0. The van der Waals surface area contributed by atoms with Gasteiger partial charge >= 0.3 is 0 Å². The van der Waals surface area contributed by atoms with Gasteiger partial charge in [0, 0.05) is 17.3 Å². The molecule has 0 unspecified atom stereocenters. The monoisotopic (exact) mass is 344 g/mol. The highest BCUT2D eigenvalue weighted by atomic mass is 35.5. The molecule has 0 aromatic heterocycles. The van der Waals surface area contributed by atoms with Crippen LogP contribution in [0.15, 0.2) is 48.5 Å². The first kappa shape index (κ1) is 18.3. The second-order valence-electron chi connectivity index (χ2n) is 6.52. The van der Waals surface area contributed by atoms with Crippen LogP contribution >= 0.6 is 12.4 Å². The van der Waals surface area contributed by atoms with Gasteiger partial charge in [0.15, 0.2) is 0 Å². The molecule has 2 aromatic rings. The second-order valence-corrected chi connectivity index (χ2v) is 6.52. The molecule has 1 aliphatic rings. The van der Waals surface area contributed by atoms with Crippen LogP contribution in [0.2, 0.25) is 0 Å². The topological polar surface area (TPSA) is 55.1 Å². The van der Waals surface area contributed by atoms with Crippen LogP contribution < -0.4 is 11.1 Å². The van der Waals surface area contributed by atoms with E-state index in [-0.39, 0.29) is 24.2 Å². The van der Waals surface area contributed by atoms with Crippen molar-refractivity contribution in [1.29, 1.82) is 0 Å². The van der Waals surface area contributed by atoms with Crippen molar-refractivity contribution in [3.63, 3.8) is 0 Å². The van der Waals surface area contributed by atoms with Crippen LogP contribution in [0.25, 0.3) is 0 Å². The zero-order valence-electron chi connectivity index (χ0n) is 14.0. The minimum atomic E-state index is 0. The molecule has 3 N–H and O–H groups in total. The maximum atomic E-state index is 12.5. The second kappa shape index (κ2) is 8.20. The summed E-state index contributed by atoms with van der Waals surface area (Å²) >= 11 is 0. The average molecular weight is 345 g/mol. The largest absolute Gasteiger partial charge is 0.399 e. The maximum Gasteiger partial charge on any atom is 0.227 e. The molecule has 1 amide bonds. The van der Waals surface area contributed by atoms with Crippen LogP contribution in [0, 0.1) is 12.8 Å². The SMILES string of the molecule is Cc1ccc(N)cc1NC(=O)C1CCC(c2ccccc2)CC1.Cl. The summed E-state index contributed by atoms with van der Waals surface area (Å²) in [5, 5.41) is 3.06. The number of nitrogens with one attached hydrogen (secondary N) is 1. The molecule has 0 radical (unpaired) electrons. The quantitative estimate of drug-likeness (QED) is 0.777. The first-order valence-electron chi connectivity index (χ1n) is 8.35. The fourth-order valence-electron chi connectivity index (χ4n) is 3.42. The molecule has 1 fully saturated rings. The van der Waals surface area contributed by atoms with Crippen LogP contribution in [0.3, 0.4) is 0 Å². The van der Waals surface area contributed by atoms with Crippen LogP contribution in [-0.4, -0.2) is 5.91 Å². The van der Waals surface area contributed by atoms with Crippen molar-refractivity contribution < 1.29 is 4.79 Å². The summed E-state index contributed by atoms with van der Waals surface area (Å²) in [6, 6.07) is 16.3. The van der Waals surface area contributed by atoms with E-state index in [2.05, 4.69) is 35.6 Å². The molecular formula is C20H25ClN2O. The van der Waals surface area contributed by atoms with Crippen LogP contribution in [0.4, 0.5) is 11.4 Å². The molecule has 3 rings (SSSR count). The smallest absolute Gasteiger partial charge is 0.227 e. The van der Waals surface area contributed by atoms with Crippen LogP contribution in [0.5, 0.6) is 0 Å². The highest BCUT2D eigenvalue weighted by Gasteiger charge is 2.27. The Hall–Kier alpha value is -2.00. The molecule has 24 heavy (non-hydrogen) atoms. The molecule has 1 aliphatic carbocycles. The van der Waals surface area contributed by atoms with Gasteiger partial charge < -0.3 is 11.1 Å². The fraction of sp³-hybridized carbons (Fsp3) is 0.350. The molecule has 4 heteroatoms. The number of carbonyl (C=O) groups is 1. The Balaban J connectivity index is 0.00000208. The molecule has 0 heterocycles. The highest BCUT2D eigenvalue weighted by molar-refractivity contribution is 5.93. The van der Waals surface area contributed by atoms with Crippen molar-refractivity contribution in [3.05, 3.63) is 59.7 Å².